The molecule has 144 valence electrons. The van der Waals surface area contributed by atoms with E-state index >= 15 is 0 Å². The van der Waals surface area contributed by atoms with Crippen LogP contribution in [0.5, 0.6) is 0 Å². The summed E-state index contributed by atoms with van der Waals surface area (Å²) in [5, 5.41) is 12.2. The van der Waals surface area contributed by atoms with Crippen LogP contribution in [0.15, 0.2) is 91.6 Å². The molecule has 3 aromatic carbocycles. The first-order valence-corrected chi connectivity index (χ1v) is 9.58. The van der Waals surface area contributed by atoms with Crippen molar-refractivity contribution in [3.8, 4) is 6.07 Å². The van der Waals surface area contributed by atoms with Crippen LogP contribution in [0.1, 0.15) is 29.7 Å². The lowest BCUT2D eigenvalue weighted by Crippen LogP contribution is -2.12. The molecule has 1 atom stereocenters. The number of H-pyrrole nitrogens is 1. The number of hydrogen-bond donors (Lipinski definition) is 2. The molecule has 0 aliphatic carbocycles. The smallest absolute Gasteiger partial charge is 0.0768 e. The van der Waals surface area contributed by atoms with Crippen molar-refractivity contribution in [2.75, 3.05) is 5.32 Å². The highest BCUT2D eigenvalue weighted by Crippen LogP contribution is 2.35. The van der Waals surface area contributed by atoms with Gasteiger partial charge in [-0.3, -0.25) is 0 Å². The lowest BCUT2D eigenvalue weighted by molar-refractivity contribution is 1.01. The molecule has 2 N–H and O–H groups in total. The SMILES string of the molecule is C=C(c1c[nH]c2ccccc12)C(Nc1cccc(C)c1)c1ccccc1.CC#N. The van der Waals surface area contributed by atoms with Gasteiger partial charge < -0.3 is 10.3 Å². The van der Waals surface area contributed by atoms with Gasteiger partial charge >= 0.3 is 0 Å². The highest BCUT2D eigenvalue weighted by molar-refractivity contribution is 5.93. The molecule has 1 aromatic heterocycles. The Morgan fingerprint density at radius 1 is 1.00 bits per heavy atom. The van der Waals surface area contributed by atoms with Crippen molar-refractivity contribution in [1.29, 1.82) is 5.26 Å². The lowest BCUT2D eigenvalue weighted by Gasteiger charge is -2.23. The summed E-state index contributed by atoms with van der Waals surface area (Å²) in [4.78, 5) is 3.36. The molecule has 3 heteroatoms. The summed E-state index contributed by atoms with van der Waals surface area (Å²) in [6.45, 7) is 8.00. The van der Waals surface area contributed by atoms with Gasteiger partial charge in [0.2, 0.25) is 0 Å². The molecule has 0 radical (unpaired) electrons. The number of hydrogen-bond acceptors (Lipinski definition) is 2. The first-order chi connectivity index (χ1) is 14.1. The largest absolute Gasteiger partial charge is 0.374 e. The highest BCUT2D eigenvalue weighted by Gasteiger charge is 2.19. The monoisotopic (exact) mass is 379 g/mol. The molecule has 0 amide bonds. The predicted octanol–water partition coefficient (Wildman–Crippen LogP) is 6.87. The van der Waals surface area contributed by atoms with E-state index in [-0.39, 0.29) is 6.04 Å². The molecule has 1 heterocycles. The quantitative estimate of drug-likeness (QED) is 0.397. The molecule has 3 nitrogen and oxygen atoms in total. The van der Waals surface area contributed by atoms with Gasteiger partial charge in [0, 0.05) is 35.3 Å². The predicted molar refractivity (Wildman–Crippen MR) is 123 cm³/mol. The maximum atomic E-state index is 7.32. The number of nitrogens with one attached hydrogen (secondary N) is 2. The lowest BCUT2D eigenvalue weighted by atomic mass is 9.93. The summed E-state index contributed by atoms with van der Waals surface area (Å²) in [6.07, 6.45) is 2.06. The summed E-state index contributed by atoms with van der Waals surface area (Å²) < 4.78 is 0. The molecule has 0 saturated heterocycles. The number of rotatable bonds is 5. The van der Waals surface area contributed by atoms with Crippen molar-refractivity contribution in [2.45, 2.75) is 19.9 Å². The molecule has 0 aliphatic rings. The van der Waals surface area contributed by atoms with Crippen LogP contribution in [0.4, 0.5) is 5.69 Å². The maximum absolute atomic E-state index is 7.32. The molecule has 4 rings (SSSR count). The molecule has 0 fully saturated rings. The molecule has 0 bridgehead atoms. The molecular formula is C26H25N3. The van der Waals surface area contributed by atoms with Crippen molar-refractivity contribution in [3.63, 3.8) is 0 Å². The third-order valence-electron chi connectivity index (χ3n) is 4.75. The molecule has 1 unspecified atom stereocenters. The third-order valence-corrected chi connectivity index (χ3v) is 4.75. The number of nitrogens with zero attached hydrogens (tertiary/aromatic N) is 1. The van der Waals surface area contributed by atoms with Gasteiger partial charge in [-0.2, -0.15) is 5.26 Å². The van der Waals surface area contributed by atoms with E-state index in [1.54, 1.807) is 6.07 Å². The van der Waals surface area contributed by atoms with Gasteiger partial charge in [0.25, 0.3) is 0 Å². The fourth-order valence-corrected chi connectivity index (χ4v) is 3.41. The van der Waals surface area contributed by atoms with Crippen LogP contribution >= 0.6 is 0 Å². The second-order valence-corrected chi connectivity index (χ2v) is 6.85. The van der Waals surface area contributed by atoms with Crippen molar-refractivity contribution < 1.29 is 0 Å². The summed E-state index contributed by atoms with van der Waals surface area (Å²) in [6, 6.07) is 29.0. The Hall–Kier alpha value is -3.77. The molecule has 29 heavy (non-hydrogen) atoms. The zero-order valence-electron chi connectivity index (χ0n) is 16.8. The first-order valence-electron chi connectivity index (χ1n) is 9.58. The van der Waals surface area contributed by atoms with E-state index in [2.05, 4.69) is 96.7 Å². The zero-order valence-corrected chi connectivity index (χ0v) is 16.8. The average molecular weight is 380 g/mol. The molecule has 0 spiro atoms. The number of fused-ring (bicyclic) bond motifs is 1. The Morgan fingerprint density at radius 2 is 1.69 bits per heavy atom. The minimum atomic E-state index is -0.00259. The number of nitriles is 1. The summed E-state index contributed by atoms with van der Waals surface area (Å²) in [5.41, 5.74) is 6.86. The number of para-hydroxylation sites is 1. The van der Waals surface area contributed by atoms with E-state index in [9.17, 15) is 0 Å². The minimum Gasteiger partial charge on any atom is -0.374 e. The Labute approximate surface area is 172 Å². The van der Waals surface area contributed by atoms with Crippen LogP contribution in [0, 0.1) is 18.3 Å². The van der Waals surface area contributed by atoms with Gasteiger partial charge in [-0.1, -0.05) is 67.2 Å². The van der Waals surface area contributed by atoms with Crippen molar-refractivity contribution in [1.82, 2.24) is 4.98 Å². The van der Waals surface area contributed by atoms with Crippen LogP contribution in [0.2, 0.25) is 0 Å². The van der Waals surface area contributed by atoms with Crippen LogP contribution in [-0.4, -0.2) is 4.98 Å². The van der Waals surface area contributed by atoms with Crippen molar-refractivity contribution >= 4 is 22.2 Å². The Morgan fingerprint density at radius 3 is 2.41 bits per heavy atom. The van der Waals surface area contributed by atoms with Gasteiger partial charge in [-0.25, -0.2) is 0 Å². The first kappa shape index (κ1) is 20.0. The van der Waals surface area contributed by atoms with E-state index in [4.69, 9.17) is 5.26 Å². The standard InChI is InChI=1S/C24H22N2.C2H3N/c1-17-9-8-12-20(15-17)26-24(19-10-4-3-5-11-19)18(2)22-16-25-23-14-7-6-13-21(22)23;1-2-3/h3-16,24-26H,2H2,1H3;1H3. The third kappa shape index (κ3) is 4.75. The number of aromatic nitrogens is 1. The Kier molecular flexibility index (Phi) is 6.50. The second kappa shape index (κ2) is 9.43. The average Bonchev–Trinajstić information content (AvgIpc) is 3.17. The number of aryl methyl sites for hydroxylation is 1. The van der Waals surface area contributed by atoms with E-state index in [1.165, 1.54) is 23.4 Å². The van der Waals surface area contributed by atoms with Gasteiger partial charge in [0.1, 0.15) is 0 Å². The summed E-state index contributed by atoms with van der Waals surface area (Å²) >= 11 is 0. The molecule has 4 aromatic rings. The fourth-order valence-electron chi connectivity index (χ4n) is 3.41. The van der Waals surface area contributed by atoms with Crippen LogP contribution in [0.25, 0.3) is 16.5 Å². The van der Waals surface area contributed by atoms with Crippen LogP contribution < -0.4 is 5.32 Å². The number of benzene rings is 3. The normalized spacial score (nSPS) is 11.1. The van der Waals surface area contributed by atoms with E-state index in [0.29, 0.717) is 0 Å². The Balaban J connectivity index is 0.000000755. The second-order valence-electron chi connectivity index (χ2n) is 6.85. The molecule has 0 aliphatic heterocycles. The molecular weight excluding hydrogens is 354 g/mol. The van der Waals surface area contributed by atoms with Crippen molar-refractivity contribution in [3.05, 3.63) is 108 Å². The maximum Gasteiger partial charge on any atom is 0.0768 e. The van der Waals surface area contributed by atoms with Gasteiger partial charge in [0.05, 0.1) is 12.1 Å². The van der Waals surface area contributed by atoms with Crippen LogP contribution in [-0.2, 0) is 0 Å². The van der Waals surface area contributed by atoms with E-state index < -0.39 is 0 Å². The summed E-state index contributed by atoms with van der Waals surface area (Å²) in [5.74, 6) is 0. The van der Waals surface area contributed by atoms with E-state index in [1.807, 2.05) is 12.1 Å². The van der Waals surface area contributed by atoms with Crippen molar-refractivity contribution in [2.24, 2.45) is 0 Å². The minimum absolute atomic E-state index is 0.00259. The number of anilines is 1. The van der Waals surface area contributed by atoms with Gasteiger partial charge in [0.15, 0.2) is 0 Å². The summed E-state index contributed by atoms with van der Waals surface area (Å²) in [7, 11) is 0. The van der Waals surface area contributed by atoms with Gasteiger partial charge in [-0.05, 0) is 41.8 Å². The number of aromatic amines is 1. The zero-order chi connectivity index (χ0) is 20.6. The Bertz CT molecular complexity index is 1130. The molecule has 0 saturated carbocycles. The topological polar surface area (TPSA) is 51.6 Å². The van der Waals surface area contributed by atoms with Crippen LogP contribution in [0.3, 0.4) is 0 Å². The van der Waals surface area contributed by atoms with Gasteiger partial charge in [-0.15, -0.1) is 0 Å². The van der Waals surface area contributed by atoms with E-state index in [0.717, 1.165) is 22.3 Å². The highest BCUT2D eigenvalue weighted by atomic mass is 14.9. The fraction of sp³-hybridized carbons (Fsp3) is 0.115.